The smallest absolute Gasteiger partial charge is 0.472 e. The number of phosphoric ester groups is 1. The highest BCUT2D eigenvalue weighted by Crippen LogP contribution is 2.43. The van der Waals surface area contributed by atoms with Gasteiger partial charge < -0.3 is 25.2 Å². The molecule has 0 rings (SSSR count). The molecule has 11 heteroatoms. The molecule has 0 aromatic heterocycles. The van der Waals surface area contributed by atoms with E-state index in [4.69, 9.17) is 29.4 Å². The van der Waals surface area contributed by atoms with Crippen molar-refractivity contribution in [3.63, 3.8) is 0 Å². The SMILES string of the molecule is CC/C=C\C/C=C\C/C=C\C/C=C\C/C=C\C/C=C\C/C=C\CCCC(=O)OC(COCCCCCCCCCCCCCCCCCCCCC)COP(=O)(O)OCC(N)C(=O)O. The van der Waals surface area contributed by atoms with Crippen LogP contribution in [0.1, 0.15) is 200 Å². The summed E-state index contributed by atoms with van der Waals surface area (Å²) in [5, 5.41) is 8.92. The highest BCUT2D eigenvalue weighted by atomic mass is 31.2. The van der Waals surface area contributed by atoms with E-state index in [1.54, 1.807) is 0 Å². The standard InChI is InChI=1S/C53H92NO9P/c1-3-5-7-9-11-13-15-17-19-21-23-24-25-26-27-29-31-33-35-37-39-41-43-45-52(55)63-50(48-61-64(58,59)62-49-51(54)53(56)57)47-60-46-44-42-40-38-36-34-32-30-28-22-20-18-16-14-12-10-8-6-4-2/h5,7,11,13,17,19,23-24,26-27,31,33,37,39,50-51H,3-4,6,8-10,12,14-16,18,20-22,25,28-30,32,34-36,38,40-49,54H2,1-2H3,(H,56,57)(H,58,59)/b7-5-,13-11-,19-17-,24-23-,27-26-,33-31-,39-37-. The molecule has 0 aromatic rings. The number of allylic oxidation sites excluding steroid dienone is 14. The first kappa shape index (κ1) is 61.1. The Morgan fingerprint density at radius 3 is 1.30 bits per heavy atom. The minimum absolute atomic E-state index is 0.00864. The summed E-state index contributed by atoms with van der Waals surface area (Å²) in [5.74, 6) is -1.84. The van der Waals surface area contributed by atoms with Crippen LogP contribution in [0.4, 0.5) is 0 Å². The first-order valence-corrected chi connectivity index (χ1v) is 26.6. The predicted molar refractivity (Wildman–Crippen MR) is 267 cm³/mol. The van der Waals surface area contributed by atoms with Crippen LogP contribution in [-0.2, 0) is 32.7 Å². The lowest BCUT2D eigenvalue weighted by Crippen LogP contribution is -2.34. The Balaban J connectivity index is 4.28. The van der Waals surface area contributed by atoms with Gasteiger partial charge in [0.2, 0.25) is 0 Å². The molecule has 0 aliphatic carbocycles. The maximum Gasteiger partial charge on any atom is 0.472 e. The fourth-order valence-corrected chi connectivity index (χ4v) is 7.37. The van der Waals surface area contributed by atoms with Crippen LogP contribution in [0.2, 0.25) is 0 Å². The third-order valence-corrected chi connectivity index (χ3v) is 11.4. The van der Waals surface area contributed by atoms with Gasteiger partial charge in [0.05, 0.1) is 19.8 Å². The number of nitrogens with two attached hydrogens (primary N) is 1. The van der Waals surface area contributed by atoms with Crippen LogP contribution in [0.3, 0.4) is 0 Å². The van der Waals surface area contributed by atoms with E-state index >= 15 is 0 Å². The van der Waals surface area contributed by atoms with Gasteiger partial charge >= 0.3 is 19.8 Å². The number of aliphatic carboxylic acids is 1. The lowest BCUT2D eigenvalue weighted by molar-refractivity contribution is -0.154. The molecular weight excluding hydrogens is 826 g/mol. The number of carboxylic acid groups (broad SMARTS) is 1. The zero-order valence-electron chi connectivity index (χ0n) is 40.3. The van der Waals surface area contributed by atoms with E-state index in [9.17, 15) is 19.0 Å². The summed E-state index contributed by atoms with van der Waals surface area (Å²) < 4.78 is 33.4. The molecule has 10 nitrogen and oxygen atoms in total. The van der Waals surface area contributed by atoms with Gasteiger partial charge in [0.25, 0.3) is 0 Å². The van der Waals surface area contributed by atoms with Gasteiger partial charge in [0, 0.05) is 13.0 Å². The Morgan fingerprint density at radius 1 is 0.516 bits per heavy atom. The summed E-state index contributed by atoms with van der Waals surface area (Å²) in [4.78, 5) is 33.7. The van der Waals surface area contributed by atoms with E-state index in [2.05, 4.69) is 92.8 Å². The van der Waals surface area contributed by atoms with Crippen molar-refractivity contribution in [2.45, 2.75) is 212 Å². The van der Waals surface area contributed by atoms with Crippen molar-refractivity contribution in [1.82, 2.24) is 0 Å². The molecule has 64 heavy (non-hydrogen) atoms. The van der Waals surface area contributed by atoms with Gasteiger partial charge in [-0.2, -0.15) is 0 Å². The number of esters is 1. The summed E-state index contributed by atoms with van der Waals surface area (Å²) in [7, 11) is -4.64. The summed E-state index contributed by atoms with van der Waals surface area (Å²) in [6, 6.07) is -1.49. The molecule has 3 atom stereocenters. The van der Waals surface area contributed by atoms with Gasteiger partial charge in [-0.25, -0.2) is 4.57 Å². The normalized spacial score (nSPS) is 14.4. The number of hydrogen-bond donors (Lipinski definition) is 3. The molecule has 0 aliphatic heterocycles. The van der Waals surface area contributed by atoms with Crippen molar-refractivity contribution in [1.29, 1.82) is 0 Å². The lowest BCUT2D eigenvalue weighted by Gasteiger charge is -2.20. The molecule has 0 saturated carbocycles. The molecule has 0 radical (unpaired) electrons. The number of carboxylic acids is 1. The van der Waals surface area contributed by atoms with Crippen LogP contribution < -0.4 is 5.73 Å². The minimum Gasteiger partial charge on any atom is -0.480 e. The van der Waals surface area contributed by atoms with E-state index in [0.29, 0.717) is 19.4 Å². The third-order valence-electron chi connectivity index (χ3n) is 10.4. The topological polar surface area (TPSA) is 155 Å². The van der Waals surface area contributed by atoms with Crippen molar-refractivity contribution in [3.05, 3.63) is 85.1 Å². The second kappa shape index (κ2) is 48.1. The monoisotopic (exact) mass is 918 g/mol. The maximum absolute atomic E-state index is 12.7. The molecule has 0 aromatic carbocycles. The number of unbranched alkanes of at least 4 members (excludes halogenated alkanes) is 19. The number of carbonyl (C=O) groups excluding carboxylic acids is 1. The van der Waals surface area contributed by atoms with Crippen LogP contribution >= 0.6 is 7.82 Å². The second-order valence-corrected chi connectivity index (χ2v) is 18.0. The molecule has 368 valence electrons. The van der Waals surface area contributed by atoms with Crippen molar-refractivity contribution in [3.8, 4) is 0 Å². The van der Waals surface area contributed by atoms with Gasteiger partial charge in [-0.1, -0.05) is 214 Å². The summed E-state index contributed by atoms with van der Waals surface area (Å²) >= 11 is 0. The van der Waals surface area contributed by atoms with E-state index in [0.717, 1.165) is 64.2 Å². The molecule has 0 amide bonds. The maximum atomic E-state index is 12.7. The van der Waals surface area contributed by atoms with Crippen molar-refractivity contribution >= 4 is 19.8 Å². The highest BCUT2D eigenvalue weighted by molar-refractivity contribution is 7.47. The number of hydrogen-bond acceptors (Lipinski definition) is 8. The number of phosphoric acid groups is 1. The molecule has 0 saturated heterocycles. The second-order valence-electron chi connectivity index (χ2n) is 16.6. The predicted octanol–water partition coefficient (Wildman–Crippen LogP) is 14.7. The Hall–Kier alpha value is -2.85. The highest BCUT2D eigenvalue weighted by Gasteiger charge is 2.27. The fraction of sp³-hybridized carbons (Fsp3) is 0.698. The van der Waals surface area contributed by atoms with Gasteiger partial charge in [0.1, 0.15) is 12.1 Å². The number of rotatable bonds is 47. The van der Waals surface area contributed by atoms with Crippen LogP contribution in [-0.4, -0.2) is 60.5 Å². The first-order chi connectivity index (χ1) is 31.2. The largest absolute Gasteiger partial charge is 0.480 e. The summed E-state index contributed by atoms with van der Waals surface area (Å²) in [6.45, 7) is 3.71. The van der Waals surface area contributed by atoms with Crippen LogP contribution in [0.5, 0.6) is 0 Å². The van der Waals surface area contributed by atoms with Gasteiger partial charge in [-0.15, -0.1) is 0 Å². The number of carbonyl (C=O) groups is 2. The molecule has 3 unspecified atom stereocenters. The van der Waals surface area contributed by atoms with E-state index in [-0.39, 0.29) is 13.0 Å². The lowest BCUT2D eigenvalue weighted by atomic mass is 10.0. The summed E-state index contributed by atoms with van der Waals surface area (Å²) in [5.41, 5.74) is 5.37. The quantitative estimate of drug-likeness (QED) is 0.0233. The molecule has 0 heterocycles. The van der Waals surface area contributed by atoms with Crippen LogP contribution in [0.25, 0.3) is 0 Å². The first-order valence-electron chi connectivity index (χ1n) is 25.1. The zero-order valence-corrected chi connectivity index (χ0v) is 41.2. The van der Waals surface area contributed by atoms with E-state index in [1.807, 2.05) is 6.08 Å². The molecular formula is C53H92NO9P. The number of ether oxygens (including phenoxy) is 2. The Kier molecular flexibility index (Phi) is 46.0. The average Bonchev–Trinajstić information content (AvgIpc) is 3.28. The molecule has 0 aliphatic rings. The average molecular weight is 918 g/mol. The summed E-state index contributed by atoms with van der Waals surface area (Å²) in [6.07, 6.45) is 62.2. The van der Waals surface area contributed by atoms with Crippen LogP contribution in [0.15, 0.2) is 85.1 Å². The molecule has 0 spiro atoms. The van der Waals surface area contributed by atoms with Crippen molar-refractivity contribution in [2.75, 3.05) is 26.4 Å². The molecule has 0 fully saturated rings. The zero-order chi connectivity index (χ0) is 46.9. The van der Waals surface area contributed by atoms with Gasteiger partial charge in [-0.3, -0.25) is 18.6 Å². The molecule has 0 bridgehead atoms. The Bertz CT molecular complexity index is 1340. The van der Waals surface area contributed by atoms with E-state index in [1.165, 1.54) is 103 Å². The molecule has 4 N–H and O–H groups in total. The minimum atomic E-state index is -4.64. The third kappa shape index (κ3) is 47.1. The Morgan fingerprint density at radius 2 is 0.891 bits per heavy atom. The van der Waals surface area contributed by atoms with Crippen molar-refractivity contribution in [2.24, 2.45) is 5.73 Å². The Labute approximate surface area is 390 Å². The van der Waals surface area contributed by atoms with Crippen LogP contribution in [0, 0.1) is 0 Å². The van der Waals surface area contributed by atoms with Crippen molar-refractivity contribution < 1.29 is 42.7 Å². The van der Waals surface area contributed by atoms with Gasteiger partial charge in [-0.05, 0) is 64.2 Å². The fourth-order valence-electron chi connectivity index (χ4n) is 6.59. The van der Waals surface area contributed by atoms with Gasteiger partial charge in [0.15, 0.2) is 0 Å². The van der Waals surface area contributed by atoms with E-state index < -0.39 is 45.1 Å².